The third-order valence-corrected chi connectivity index (χ3v) is 3.77. The third kappa shape index (κ3) is 2.73. The molecule has 1 fully saturated rings. The van der Waals surface area contributed by atoms with Gasteiger partial charge >= 0.3 is 0 Å². The first-order chi connectivity index (χ1) is 9.74. The van der Waals surface area contributed by atoms with Crippen molar-refractivity contribution >= 4 is 0 Å². The molecule has 0 radical (unpaired) electrons. The van der Waals surface area contributed by atoms with Crippen LogP contribution in [-0.4, -0.2) is 34.7 Å². The summed E-state index contributed by atoms with van der Waals surface area (Å²) in [6.07, 6.45) is 3.76. The van der Waals surface area contributed by atoms with Gasteiger partial charge < -0.3 is 9.26 Å². The van der Waals surface area contributed by atoms with Crippen LogP contribution in [0.1, 0.15) is 28.7 Å². The fraction of sp³-hybridized carbons (Fsp3) is 0.467. The number of aryl methyl sites for hydroxylation is 2. The van der Waals surface area contributed by atoms with E-state index in [-0.39, 0.29) is 6.10 Å². The maximum Gasteiger partial charge on any atom is 0.138 e. The normalized spacial score (nSPS) is 20.2. The average molecular weight is 273 g/mol. The molecule has 0 spiro atoms. The zero-order valence-electron chi connectivity index (χ0n) is 11.9. The lowest BCUT2D eigenvalue weighted by Gasteiger charge is -2.32. The maximum absolute atomic E-state index is 5.85. The second-order valence-corrected chi connectivity index (χ2v) is 5.18. The minimum Gasteiger partial charge on any atom is -0.371 e. The molecule has 2 aromatic rings. The van der Waals surface area contributed by atoms with E-state index in [1.165, 1.54) is 5.56 Å². The van der Waals surface area contributed by atoms with Crippen molar-refractivity contribution in [2.75, 3.05) is 19.7 Å². The van der Waals surface area contributed by atoms with E-state index in [4.69, 9.17) is 9.26 Å². The maximum atomic E-state index is 5.85. The van der Waals surface area contributed by atoms with Gasteiger partial charge in [0, 0.05) is 43.2 Å². The van der Waals surface area contributed by atoms with E-state index >= 15 is 0 Å². The Balaban J connectivity index is 1.70. The first kappa shape index (κ1) is 13.3. The predicted molar refractivity (Wildman–Crippen MR) is 74.2 cm³/mol. The van der Waals surface area contributed by atoms with Gasteiger partial charge in [-0.15, -0.1) is 0 Å². The summed E-state index contributed by atoms with van der Waals surface area (Å²) in [5.41, 5.74) is 3.31. The van der Waals surface area contributed by atoms with E-state index in [2.05, 4.69) is 21.1 Å². The summed E-state index contributed by atoms with van der Waals surface area (Å²) in [6, 6.07) is 4.02. The second kappa shape index (κ2) is 5.73. The SMILES string of the molecule is Cc1noc(C)c1CN1CCO[C@@H](c2cccnc2)C1. The molecular weight excluding hydrogens is 254 g/mol. The van der Waals surface area contributed by atoms with E-state index in [9.17, 15) is 0 Å². The van der Waals surface area contributed by atoms with E-state index in [0.717, 1.165) is 43.3 Å². The van der Waals surface area contributed by atoms with Gasteiger partial charge in [0.15, 0.2) is 0 Å². The van der Waals surface area contributed by atoms with Crippen LogP contribution in [0.3, 0.4) is 0 Å². The van der Waals surface area contributed by atoms with Gasteiger partial charge in [0.25, 0.3) is 0 Å². The van der Waals surface area contributed by atoms with Crippen molar-refractivity contribution in [1.82, 2.24) is 15.0 Å². The van der Waals surface area contributed by atoms with Crippen LogP contribution in [0.4, 0.5) is 0 Å². The molecule has 3 heterocycles. The van der Waals surface area contributed by atoms with Crippen molar-refractivity contribution in [2.45, 2.75) is 26.5 Å². The van der Waals surface area contributed by atoms with Crippen LogP contribution in [0.5, 0.6) is 0 Å². The first-order valence-corrected chi connectivity index (χ1v) is 6.89. The highest BCUT2D eigenvalue weighted by atomic mass is 16.5. The van der Waals surface area contributed by atoms with Crippen molar-refractivity contribution in [2.24, 2.45) is 0 Å². The van der Waals surface area contributed by atoms with Gasteiger partial charge in [0.1, 0.15) is 5.76 Å². The summed E-state index contributed by atoms with van der Waals surface area (Å²) < 4.78 is 11.1. The van der Waals surface area contributed by atoms with Gasteiger partial charge in [0.05, 0.1) is 18.4 Å². The van der Waals surface area contributed by atoms with Gasteiger partial charge in [-0.3, -0.25) is 9.88 Å². The van der Waals surface area contributed by atoms with Crippen molar-refractivity contribution in [3.05, 3.63) is 47.1 Å². The Kier molecular flexibility index (Phi) is 3.80. The molecule has 0 aliphatic carbocycles. The van der Waals surface area contributed by atoms with Crippen molar-refractivity contribution in [3.8, 4) is 0 Å². The topological polar surface area (TPSA) is 51.4 Å². The molecule has 0 unspecified atom stereocenters. The average Bonchev–Trinajstić information content (AvgIpc) is 2.80. The Morgan fingerprint density at radius 3 is 3.00 bits per heavy atom. The van der Waals surface area contributed by atoms with E-state index in [1.54, 1.807) is 6.20 Å². The molecule has 0 bridgehead atoms. The van der Waals surface area contributed by atoms with Crippen LogP contribution < -0.4 is 0 Å². The van der Waals surface area contributed by atoms with Gasteiger partial charge in [-0.25, -0.2) is 0 Å². The Bertz CT molecular complexity index is 548. The van der Waals surface area contributed by atoms with Gasteiger partial charge in [0.2, 0.25) is 0 Å². The summed E-state index contributed by atoms with van der Waals surface area (Å²) in [5, 5.41) is 4.02. The number of pyridine rings is 1. The molecule has 3 rings (SSSR count). The highest BCUT2D eigenvalue weighted by Crippen LogP contribution is 2.24. The molecule has 106 valence electrons. The van der Waals surface area contributed by atoms with E-state index < -0.39 is 0 Å². The molecule has 20 heavy (non-hydrogen) atoms. The van der Waals surface area contributed by atoms with Crippen LogP contribution in [0.25, 0.3) is 0 Å². The summed E-state index contributed by atoms with van der Waals surface area (Å²) in [4.78, 5) is 6.55. The summed E-state index contributed by atoms with van der Waals surface area (Å²) >= 11 is 0. The Morgan fingerprint density at radius 1 is 1.40 bits per heavy atom. The Hall–Kier alpha value is -1.72. The van der Waals surface area contributed by atoms with Gasteiger partial charge in [-0.05, 0) is 19.9 Å². The molecular formula is C15H19N3O2. The molecule has 5 nitrogen and oxygen atoms in total. The molecule has 1 saturated heterocycles. The second-order valence-electron chi connectivity index (χ2n) is 5.18. The molecule has 0 N–H and O–H groups in total. The highest BCUT2D eigenvalue weighted by Gasteiger charge is 2.23. The largest absolute Gasteiger partial charge is 0.371 e. The van der Waals surface area contributed by atoms with Crippen LogP contribution in [0, 0.1) is 13.8 Å². The van der Waals surface area contributed by atoms with E-state index in [1.807, 2.05) is 26.1 Å². The van der Waals surface area contributed by atoms with Gasteiger partial charge in [-0.2, -0.15) is 0 Å². The summed E-state index contributed by atoms with van der Waals surface area (Å²) in [6.45, 7) is 7.36. The predicted octanol–water partition coefficient (Wildman–Crippen LogP) is 2.26. The van der Waals surface area contributed by atoms with Crippen LogP contribution in [0.15, 0.2) is 29.0 Å². The molecule has 0 aromatic carbocycles. The molecule has 2 aromatic heterocycles. The number of ether oxygens (including phenoxy) is 1. The number of hydrogen-bond donors (Lipinski definition) is 0. The molecule has 1 aliphatic rings. The lowest BCUT2D eigenvalue weighted by Crippen LogP contribution is -2.38. The van der Waals surface area contributed by atoms with Gasteiger partial charge in [-0.1, -0.05) is 11.2 Å². The Labute approximate surface area is 118 Å². The monoisotopic (exact) mass is 273 g/mol. The lowest BCUT2D eigenvalue weighted by molar-refractivity contribution is -0.0332. The number of rotatable bonds is 3. The molecule has 5 heteroatoms. The summed E-state index contributed by atoms with van der Waals surface area (Å²) in [5.74, 6) is 0.909. The molecule has 0 amide bonds. The summed E-state index contributed by atoms with van der Waals surface area (Å²) in [7, 11) is 0. The molecule has 1 atom stereocenters. The van der Waals surface area contributed by atoms with Crippen LogP contribution in [0.2, 0.25) is 0 Å². The highest BCUT2D eigenvalue weighted by molar-refractivity contribution is 5.21. The van der Waals surface area contributed by atoms with Crippen molar-refractivity contribution in [3.63, 3.8) is 0 Å². The molecule has 0 saturated carbocycles. The zero-order chi connectivity index (χ0) is 13.9. The van der Waals surface area contributed by atoms with Crippen LogP contribution >= 0.6 is 0 Å². The number of aromatic nitrogens is 2. The zero-order valence-corrected chi connectivity index (χ0v) is 11.9. The Morgan fingerprint density at radius 2 is 2.30 bits per heavy atom. The lowest BCUT2D eigenvalue weighted by atomic mass is 10.1. The fourth-order valence-corrected chi connectivity index (χ4v) is 2.57. The fourth-order valence-electron chi connectivity index (χ4n) is 2.57. The van der Waals surface area contributed by atoms with Crippen LogP contribution in [-0.2, 0) is 11.3 Å². The number of nitrogens with zero attached hydrogens (tertiary/aromatic N) is 3. The smallest absolute Gasteiger partial charge is 0.138 e. The number of morpholine rings is 1. The van der Waals surface area contributed by atoms with Crippen molar-refractivity contribution in [1.29, 1.82) is 0 Å². The number of hydrogen-bond acceptors (Lipinski definition) is 5. The minimum absolute atomic E-state index is 0.0953. The quantitative estimate of drug-likeness (QED) is 0.858. The standard InChI is InChI=1S/C15H19N3O2/c1-11-14(12(2)20-17-11)9-18-6-7-19-15(10-18)13-4-3-5-16-8-13/h3-5,8,15H,6-7,9-10H2,1-2H3/t15-/m1/s1. The van der Waals surface area contributed by atoms with Crippen molar-refractivity contribution < 1.29 is 9.26 Å². The first-order valence-electron chi connectivity index (χ1n) is 6.89. The minimum atomic E-state index is 0.0953. The molecule has 1 aliphatic heterocycles. The third-order valence-electron chi connectivity index (χ3n) is 3.77. The van der Waals surface area contributed by atoms with E-state index in [0.29, 0.717) is 0 Å².